The standard InChI is InChI=1S/C26H31N3O3S/c1-26(2,3)29-20(16-8-9-16)15-19(27-29)25(30)28-11-10-17-13-21(31-4)22(32-5)14-18(17)24(28)23-7-6-12-33-23/h6-7,12-16,24H,8-11H2,1-5H3. The number of ether oxygens (including phenoxy) is 2. The van der Waals surface area contributed by atoms with Crippen molar-refractivity contribution in [3.63, 3.8) is 0 Å². The maximum absolute atomic E-state index is 13.9. The van der Waals surface area contributed by atoms with Gasteiger partial charge in [0.2, 0.25) is 0 Å². The van der Waals surface area contributed by atoms with Gasteiger partial charge in [0.05, 0.1) is 25.8 Å². The lowest BCUT2D eigenvalue weighted by Gasteiger charge is -2.37. The predicted molar refractivity (Wildman–Crippen MR) is 130 cm³/mol. The van der Waals surface area contributed by atoms with E-state index in [0.29, 0.717) is 23.9 Å². The highest BCUT2D eigenvalue weighted by Gasteiger charge is 2.38. The lowest BCUT2D eigenvalue weighted by atomic mass is 9.90. The fraction of sp³-hybridized carbons (Fsp3) is 0.462. The molecule has 1 atom stereocenters. The van der Waals surface area contributed by atoms with E-state index in [1.807, 2.05) is 23.1 Å². The summed E-state index contributed by atoms with van der Waals surface area (Å²) in [6.45, 7) is 7.06. The smallest absolute Gasteiger partial charge is 0.275 e. The second kappa shape index (κ2) is 8.20. The monoisotopic (exact) mass is 465 g/mol. The molecule has 1 aromatic carbocycles. The van der Waals surface area contributed by atoms with Crippen LogP contribution in [0.1, 0.15) is 77.8 Å². The second-order valence-electron chi connectivity index (χ2n) is 9.88. The molecule has 6 nitrogen and oxygen atoms in total. The Hall–Kier alpha value is -2.80. The first kappa shape index (κ1) is 22.0. The summed E-state index contributed by atoms with van der Waals surface area (Å²) in [7, 11) is 3.30. The first-order valence-electron chi connectivity index (χ1n) is 11.5. The topological polar surface area (TPSA) is 56.6 Å². The minimum Gasteiger partial charge on any atom is -0.493 e. The molecule has 1 amide bonds. The third kappa shape index (κ3) is 3.92. The molecule has 0 radical (unpaired) electrons. The van der Waals surface area contributed by atoms with Crippen LogP contribution in [0.3, 0.4) is 0 Å². The van der Waals surface area contributed by atoms with Gasteiger partial charge in [-0.15, -0.1) is 11.3 Å². The van der Waals surface area contributed by atoms with E-state index in [9.17, 15) is 4.79 Å². The van der Waals surface area contributed by atoms with Gasteiger partial charge in [0.1, 0.15) is 0 Å². The predicted octanol–water partition coefficient (Wildman–Crippen LogP) is 5.38. The number of fused-ring (bicyclic) bond motifs is 1. The van der Waals surface area contributed by atoms with Crippen LogP contribution in [0, 0.1) is 0 Å². The number of carbonyl (C=O) groups is 1. The van der Waals surface area contributed by atoms with Crippen LogP contribution in [0.2, 0.25) is 0 Å². The van der Waals surface area contributed by atoms with Gasteiger partial charge in [-0.05, 0) is 80.8 Å². The molecule has 1 unspecified atom stereocenters. The number of hydrogen-bond acceptors (Lipinski definition) is 5. The van der Waals surface area contributed by atoms with Gasteiger partial charge in [0, 0.05) is 23.0 Å². The molecule has 2 aliphatic rings. The number of amides is 1. The molecule has 5 rings (SSSR count). The molecular formula is C26H31N3O3S. The van der Waals surface area contributed by atoms with Gasteiger partial charge < -0.3 is 14.4 Å². The van der Waals surface area contributed by atoms with Crippen LogP contribution >= 0.6 is 11.3 Å². The Morgan fingerprint density at radius 3 is 2.45 bits per heavy atom. The van der Waals surface area contributed by atoms with Crippen molar-refractivity contribution >= 4 is 17.2 Å². The van der Waals surface area contributed by atoms with Gasteiger partial charge >= 0.3 is 0 Å². The van der Waals surface area contributed by atoms with Crippen LogP contribution in [0.25, 0.3) is 0 Å². The molecule has 174 valence electrons. The van der Waals surface area contributed by atoms with Crippen LogP contribution in [0.15, 0.2) is 35.7 Å². The molecule has 1 aliphatic heterocycles. The summed E-state index contributed by atoms with van der Waals surface area (Å²) in [6.07, 6.45) is 3.11. The lowest BCUT2D eigenvalue weighted by Crippen LogP contribution is -2.40. The quantitative estimate of drug-likeness (QED) is 0.507. The second-order valence-corrected chi connectivity index (χ2v) is 10.9. The van der Waals surface area contributed by atoms with Gasteiger partial charge in [0.25, 0.3) is 5.91 Å². The summed E-state index contributed by atoms with van der Waals surface area (Å²) in [5.41, 5.74) is 3.84. The highest BCUT2D eigenvalue weighted by atomic mass is 32.1. The van der Waals surface area contributed by atoms with E-state index < -0.39 is 0 Å². The Balaban J connectivity index is 1.58. The number of hydrogen-bond donors (Lipinski definition) is 0. The van der Waals surface area contributed by atoms with Crippen molar-refractivity contribution in [1.29, 1.82) is 0 Å². The molecule has 33 heavy (non-hydrogen) atoms. The summed E-state index contributed by atoms with van der Waals surface area (Å²) < 4.78 is 13.2. The summed E-state index contributed by atoms with van der Waals surface area (Å²) in [6, 6.07) is 10.1. The first-order chi connectivity index (χ1) is 15.8. The molecule has 1 aliphatic carbocycles. The zero-order valence-corrected chi connectivity index (χ0v) is 20.7. The number of aromatic nitrogens is 2. The third-order valence-corrected chi connectivity index (χ3v) is 7.46. The largest absolute Gasteiger partial charge is 0.493 e. The van der Waals surface area contributed by atoms with E-state index in [1.54, 1.807) is 25.6 Å². The lowest BCUT2D eigenvalue weighted by molar-refractivity contribution is 0.0689. The maximum Gasteiger partial charge on any atom is 0.275 e. The van der Waals surface area contributed by atoms with Crippen molar-refractivity contribution in [2.45, 2.75) is 57.5 Å². The van der Waals surface area contributed by atoms with Crippen LogP contribution in [0.5, 0.6) is 11.5 Å². The van der Waals surface area contributed by atoms with Gasteiger partial charge in [-0.2, -0.15) is 5.10 Å². The van der Waals surface area contributed by atoms with Gasteiger partial charge in [-0.3, -0.25) is 9.48 Å². The van der Waals surface area contributed by atoms with E-state index in [1.165, 1.54) is 24.1 Å². The molecule has 1 saturated carbocycles. The van der Waals surface area contributed by atoms with Gasteiger partial charge in [-0.1, -0.05) is 6.07 Å². The van der Waals surface area contributed by atoms with E-state index >= 15 is 0 Å². The zero-order chi connectivity index (χ0) is 23.3. The molecular weight excluding hydrogens is 434 g/mol. The highest BCUT2D eigenvalue weighted by molar-refractivity contribution is 7.10. The van der Waals surface area contributed by atoms with E-state index in [4.69, 9.17) is 14.6 Å². The number of thiophene rings is 1. The summed E-state index contributed by atoms with van der Waals surface area (Å²) >= 11 is 1.67. The fourth-order valence-corrected chi connectivity index (χ4v) is 5.63. The normalized spacial score (nSPS) is 18.2. The Morgan fingerprint density at radius 2 is 1.85 bits per heavy atom. The average molecular weight is 466 g/mol. The average Bonchev–Trinajstić information content (AvgIpc) is 3.31. The Labute approximate surface area is 199 Å². The molecule has 0 saturated heterocycles. The minimum absolute atomic E-state index is 0.0151. The first-order valence-corrected chi connectivity index (χ1v) is 12.4. The Bertz CT molecular complexity index is 1170. The van der Waals surface area contributed by atoms with E-state index in [0.717, 1.165) is 22.6 Å². The number of benzene rings is 1. The molecule has 7 heteroatoms. The Morgan fingerprint density at radius 1 is 1.12 bits per heavy atom. The molecule has 1 fully saturated rings. The van der Waals surface area contributed by atoms with Crippen LogP contribution in [-0.4, -0.2) is 41.4 Å². The van der Waals surface area contributed by atoms with Crippen molar-refractivity contribution in [2.24, 2.45) is 0 Å². The molecule has 0 bridgehead atoms. The third-order valence-electron chi connectivity index (χ3n) is 6.53. The van der Waals surface area contributed by atoms with E-state index in [-0.39, 0.29) is 17.5 Å². The number of nitrogens with zero attached hydrogens (tertiary/aromatic N) is 3. The van der Waals surface area contributed by atoms with Crippen molar-refractivity contribution in [3.8, 4) is 11.5 Å². The van der Waals surface area contributed by atoms with Crippen molar-refractivity contribution in [3.05, 3.63) is 63.1 Å². The molecule has 0 spiro atoms. The summed E-state index contributed by atoms with van der Waals surface area (Å²) in [5.74, 6) is 1.91. The molecule has 2 aromatic heterocycles. The number of methoxy groups -OCH3 is 2. The molecule has 0 N–H and O–H groups in total. The maximum atomic E-state index is 13.9. The number of carbonyl (C=O) groups excluding carboxylic acids is 1. The van der Waals surface area contributed by atoms with Crippen LogP contribution in [0.4, 0.5) is 0 Å². The van der Waals surface area contributed by atoms with Gasteiger partial charge in [-0.25, -0.2) is 0 Å². The van der Waals surface area contributed by atoms with Crippen molar-refractivity contribution in [2.75, 3.05) is 20.8 Å². The fourth-order valence-electron chi connectivity index (χ4n) is 4.77. The van der Waals surface area contributed by atoms with Crippen LogP contribution < -0.4 is 9.47 Å². The van der Waals surface area contributed by atoms with Crippen LogP contribution in [-0.2, 0) is 12.0 Å². The summed E-state index contributed by atoms with van der Waals surface area (Å²) in [4.78, 5) is 17.0. The van der Waals surface area contributed by atoms with E-state index in [2.05, 4.69) is 43.0 Å². The number of rotatable bonds is 5. The Kier molecular flexibility index (Phi) is 5.47. The highest BCUT2D eigenvalue weighted by Crippen LogP contribution is 2.44. The SMILES string of the molecule is COc1cc2c(cc1OC)C(c1cccs1)N(C(=O)c1cc(C3CC3)n(C(C)(C)C)n1)CC2. The molecule has 3 heterocycles. The van der Waals surface area contributed by atoms with Gasteiger partial charge in [0.15, 0.2) is 17.2 Å². The van der Waals surface area contributed by atoms with Crippen molar-refractivity contribution in [1.82, 2.24) is 14.7 Å². The van der Waals surface area contributed by atoms with Crippen molar-refractivity contribution < 1.29 is 14.3 Å². The summed E-state index contributed by atoms with van der Waals surface area (Å²) in [5, 5.41) is 6.90. The minimum atomic E-state index is -0.176. The molecule has 3 aromatic rings. The zero-order valence-electron chi connectivity index (χ0n) is 19.9.